The summed E-state index contributed by atoms with van der Waals surface area (Å²) < 4.78 is 10.9. The van der Waals surface area contributed by atoms with Crippen LogP contribution in [0.25, 0.3) is 0 Å². The third-order valence-electron chi connectivity index (χ3n) is 3.65. The van der Waals surface area contributed by atoms with Crippen LogP contribution in [0.1, 0.15) is 48.5 Å². The molecule has 152 valence electrons. The van der Waals surface area contributed by atoms with E-state index in [1.807, 2.05) is 33.1 Å². The molecule has 0 N–H and O–H groups in total. The molecule has 0 atom stereocenters. The Labute approximate surface area is 174 Å². The van der Waals surface area contributed by atoms with Gasteiger partial charge in [0, 0.05) is 22.6 Å². The lowest BCUT2D eigenvalue weighted by atomic mass is 9.96. The Bertz CT molecular complexity index is 1050. The van der Waals surface area contributed by atoms with E-state index in [2.05, 4.69) is 15.1 Å². The van der Waals surface area contributed by atoms with Crippen molar-refractivity contribution in [3.63, 3.8) is 0 Å². The molecule has 29 heavy (non-hydrogen) atoms. The van der Waals surface area contributed by atoms with Crippen LogP contribution in [0, 0.1) is 17.0 Å². The molecule has 0 spiro atoms. The van der Waals surface area contributed by atoms with E-state index < -0.39 is 10.9 Å². The fraction of sp³-hybridized carbons (Fsp3) is 0.333. The molecule has 0 amide bonds. The lowest BCUT2D eigenvalue weighted by molar-refractivity contribution is -0.387. The average molecular weight is 434 g/mol. The number of carbonyl (C=O) groups is 1. The van der Waals surface area contributed by atoms with Crippen LogP contribution in [0.2, 0.25) is 0 Å². The zero-order valence-electron chi connectivity index (χ0n) is 16.2. The summed E-state index contributed by atoms with van der Waals surface area (Å²) in [5.41, 5.74) is 0.420. The summed E-state index contributed by atoms with van der Waals surface area (Å²) in [5, 5.41) is 17.2. The van der Waals surface area contributed by atoms with Gasteiger partial charge in [0.25, 0.3) is 11.6 Å². The molecule has 0 saturated heterocycles. The van der Waals surface area contributed by atoms with E-state index in [1.54, 1.807) is 0 Å². The third-order valence-corrected chi connectivity index (χ3v) is 5.77. The standard InChI is InChI=1S/C18H18N4O5S2/c1-10-9-28-17(19-10)29-13-6-5-11(7-12(13)22(24)25)15(23)26-8-14-20-16(21-27-14)18(2,3)4/h5-7,9H,8H2,1-4H3. The van der Waals surface area contributed by atoms with E-state index in [1.165, 1.54) is 41.3 Å². The topological polar surface area (TPSA) is 121 Å². The number of hydrogen-bond donors (Lipinski definition) is 0. The van der Waals surface area contributed by atoms with Crippen molar-refractivity contribution in [1.82, 2.24) is 15.1 Å². The molecule has 0 fully saturated rings. The summed E-state index contributed by atoms with van der Waals surface area (Å²) in [6.45, 7) is 7.42. The van der Waals surface area contributed by atoms with Crippen molar-refractivity contribution in [2.45, 2.75) is 49.0 Å². The first-order valence-electron chi connectivity index (χ1n) is 8.52. The number of aryl methyl sites for hydroxylation is 1. The minimum Gasteiger partial charge on any atom is -0.452 e. The smallest absolute Gasteiger partial charge is 0.338 e. The Morgan fingerprint density at radius 1 is 1.34 bits per heavy atom. The first kappa shape index (κ1) is 20.9. The van der Waals surface area contributed by atoms with Crippen molar-refractivity contribution in [2.75, 3.05) is 0 Å². The quantitative estimate of drug-likeness (QED) is 0.312. The van der Waals surface area contributed by atoms with Gasteiger partial charge in [0.2, 0.25) is 0 Å². The van der Waals surface area contributed by atoms with Crippen LogP contribution in [-0.2, 0) is 16.8 Å². The summed E-state index contributed by atoms with van der Waals surface area (Å²) in [7, 11) is 0. The molecule has 0 aliphatic carbocycles. The maximum Gasteiger partial charge on any atom is 0.338 e. The highest BCUT2D eigenvalue weighted by Gasteiger charge is 2.23. The van der Waals surface area contributed by atoms with Crippen LogP contribution in [0.5, 0.6) is 0 Å². The Kier molecular flexibility index (Phi) is 5.99. The van der Waals surface area contributed by atoms with Crippen molar-refractivity contribution in [3.8, 4) is 0 Å². The van der Waals surface area contributed by atoms with Crippen LogP contribution in [0.4, 0.5) is 5.69 Å². The molecule has 0 unspecified atom stereocenters. The minimum absolute atomic E-state index is 0.0620. The van der Waals surface area contributed by atoms with Crippen LogP contribution >= 0.6 is 23.1 Å². The van der Waals surface area contributed by atoms with Crippen LogP contribution in [0.15, 0.2) is 37.3 Å². The number of nitro groups is 1. The summed E-state index contributed by atoms with van der Waals surface area (Å²) >= 11 is 2.58. The number of aromatic nitrogens is 3. The van der Waals surface area contributed by atoms with Gasteiger partial charge in [-0.2, -0.15) is 4.98 Å². The first-order valence-corrected chi connectivity index (χ1v) is 10.2. The van der Waals surface area contributed by atoms with Crippen molar-refractivity contribution in [1.29, 1.82) is 0 Å². The van der Waals surface area contributed by atoms with Gasteiger partial charge >= 0.3 is 5.97 Å². The largest absolute Gasteiger partial charge is 0.452 e. The second kappa shape index (κ2) is 8.29. The third kappa shape index (κ3) is 5.18. The lowest BCUT2D eigenvalue weighted by Gasteiger charge is -2.10. The normalized spacial score (nSPS) is 11.4. The highest BCUT2D eigenvalue weighted by atomic mass is 32.2. The Morgan fingerprint density at radius 3 is 2.69 bits per heavy atom. The number of esters is 1. The van der Waals surface area contributed by atoms with Gasteiger partial charge < -0.3 is 9.26 Å². The van der Waals surface area contributed by atoms with Crippen molar-refractivity contribution < 1.29 is 19.0 Å². The second-order valence-electron chi connectivity index (χ2n) is 7.13. The van der Waals surface area contributed by atoms with Gasteiger partial charge in [-0.15, -0.1) is 11.3 Å². The molecule has 3 aromatic rings. The monoisotopic (exact) mass is 434 g/mol. The minimum atomic E-state index is -0.717. The van der Waals surface area contributed by atoms with Gasteiger partial charge in [0.15, 0.2) is 16.8 Å². The molecule has 0 aliphatic rings. The predicted molar refractivity (Wildman–Crippen MR) is 106 cm³/mol. The molecule has 3 rings (SSSR count). The summed E-state index contributed by atoms with van der Waals surface area (Å²) in [4.78, 5) is 32.1. The Hall–Kier alpha value is -2.79. The van der Waals surface area contributed by atoms with Gasteiger partial charge in [-0.25, -0.2) is 9.78 Å². The zero-order valence-corrected chi connectivity index (χ0v) is 17.8. The van der Waals surface area contributed by atoms with E-state index in [0.717, 1.165) is 5.69 Å². The van der Waals surface area contributed by atoms with Crippen LogP contribution in [0.3, 0.4) is 0 Å². The molecule has 2 aromatic heterocycles. The molecule has 0 bridgehead atoms. The Morgan fingerprint density at radius 2 is 2.10 bits per heavy atom. The van der Waals surface area contributed by atoms with Gasteiger partial charge in [-0.1, -0.05) is 37.7 Å². The molecular weight excluding hydrogens is 416 g/mol. The number of ether oxygens (including phenoxy) is 1. The molecule has 1 aromatic carbocycles. The summed E-state index contributed by atoms with van der Waals surface area (Å²) in [5.74, 6) is -0.0627. The lowest BCUT2D eigenvalue weighted by Crippen LogP contribution is -2.13. The number of rotatable bonds is 6. The maximum atomic E-state index is 12.3. The number of hydrogen-bond acceptors (Lipinski definition) is 10. The number of carbonyl (C=O) groups excluding carboxylic acids is 1. The van der Waals surface area contributed by atoms with E-state index in [9.17, 15) is 14.9 Å². The average Bonchev–Trinajstić information content (AvgIpc) is 3.28. The van der Waals surface area contributed by atoms with Crippen molar-refractivity contribution >= 4 is 34.8 Å². The van der Waals surface area contributed by atoms with Crippen LogP contribution < -0.4 is 0 Å². The summed E-state index contributed by atoms with van der Waals surface area (Å²) in [6.07, 6.45) is 0. The number of thiazole rings is 1. The fourth-order valence-electron chi connectivity index (χ4n) is 2.18. The van der Waals surface area contributed by atoms with Gasteiger partial charge in [-0.3, -0.25) is 10.1 Å². The molecule has 0 radical (unpaired) electrons. The maximum absolute atomic E-state index is 12.3. The Balaban J connectivity index is 1.72. The van der Waals surface area contributed by atoms with E-state index in [4.69, 9.17) is 9.26 Å². The van der Waals surface area contributed by atoms with E-state index in [0.29, 0.717) is 15.1 Å². The molecule has 2 heterocycles. The number of nitro benzene ring substituents is 1. The zero-order chi connectivity index (χ0) is 21.2. The molecule has 11 heteroatoms. The first-order chi connectivity index (χ1) is 13.6. The van der Waals surface area contributed by atoms with Crippen molar-refractivity contribution in [3.05, 3.63) is 56.7 Å². The number of nitrogens with zero attached hydrogens (tertiary/aromatic N) is 4. The molecule has 0 aliphatic heterocycles. The predicted octanol–water partition coefficient (Wildman–Crippen LogP) is 4.55. The van der Waals surface area contributed by atoms with Crippen LogP contribution in [-0.4, -0.2) is 26.0 Å². The highest BCUT2D eigenvalue weighted by molar-refractivity contribution is 8.01. The van der Waals surface area contributed by atoms with E-state index >= 15 is 0 Å². The number of benzene rings is 1. The SMILES string of the molecule is Cc1csc(Sc2ccc(C(=O)OCc3nc(C(C)(C)C)no3)cc2[N+](=O)[O-])n1. The highest BCUT2D eigenvalue weighted by Crippen LogP contribution is 2.36. The molecular formula is C18H18N4O5S2. The van der Waals surface area contributed by atoms with Gasteiger partial charge in [-0.05, 0) is 19.1 Å². The molecule has 0 saturated carbocycles. The fourth-order valence-corrected chi connectivity index (χ4v) is 4.05. The summed E-state index contributed by atoms with van der Waals surface area (Å²) in [6, 6.07) is 4.19. The van der Waals surface area contributed by atoms with E-state index in [-0.39, 0.29) is 29.2 Å². The van der Waals surface area contributed by atoms with Gasteiger partial charge in [0.1, 0.15) is 0 Å². The van der Waals surface area contributed by atoms with Gasteiger partial charge in [0.05, 0.1) is 15.4 Å². The molecule has 9 nitrogen and oxygen atoms in total. The van der Waals surface area contributed by atoms with Crippen molar-refractivity contribution in [2.24, 2.45) is 0 Å². The second-order valence-corrected chi connectivity index (χ2v) is 9.28.